The zero-order valence-corrected chi connectivity index (χ0v) is 56.9. The number of carbonyl (C=O) groups excluding carboxylic acids is 1. The van der Waals surface area contributed by atoms with E-state index in [1.54, 1.807) is 94.8 Å². The number of hydrogen-bond acceptors (Lipinski definition) is 15. The summed E-state index contributed by atoms with van der Waals surface area (Å²) in [6.45, 7) is 4.01. The standard InChI is InChI=1S/C26H23F2NO4.2C17H13ClFN3O.C14H15O2PS2/c1-17(2)24(18-11-13-21(14-12-18)32-26(27)28)25(30)33-23(16-29)19-7-6-10-22(15-19)31-20-8-4-3-5-9-20;2*18-15-4-2-1-3-14(15)16-17(23-16,9-22-11-20-10-21-22)12-5-7-13(19)8-6-12;1-2-16-17(15,18-13-9-5-3-6-10-13)19-14-11-7-4-8-12-14/h3-15,17,23-24,26H,1-2H3;2*1-8,10-11,16H,9H2;3-12H,2H2,1H3/t;2*16-,17-;/m.10./s1. The molecule has 0 spiro atoms. The monoisotopic (exact) mass is 1420 g/mol. The number of epoxide rings is 2. The zero-order chi connectivity index (χ0) is 69.1. The summed E-state index contributed by atoms with van der Waals surface area (Å²) < 4.78 is 101. The predicted octanol–water partition coefficient (Wildman–Crippen LogP) is 19.8. The molecule has 6 atom stereocenters. The lowest BCUT2D eigenvalue weighted by atomic mass is 9.88. The third kappa shape index (κ3) is 19.2. The minimum Gasteiger partial charge on any atom is -0.457 e. The molecular weight excluding hydrogens is 1360 g/mol. The molecule has 15 nitrogen and oxygen atoms in total. The Morgan fingerprint density at radius 3 is 1.49 bits per heavy atom. The Balaban J connectivity index is 0.000000144. The van der Waals surface area contributed by atoms with E-state index in [2.05, 4.69) is 24.9 Å². The Hall–Kier alpha value is -9.07. The molecule has 13 rings (SSSR count). The van der Waals surface area contributed by atoms with Gasteiger partial charge in [0, 0.05) is 36.5 Å². The van der Waals surface area contributed by atoms with Gasteiger partial charge in [-0.3, -0.25) is 9.36 Å². The van der Waals surface area contributed by atoms with Crippen molar-refractivity contribution in [3.63, 3.8) is 0 Å². The second-order valence-electron chi connectivity index (χ2n) is 22.3. The fourth-order valence-corrected chi connectivity index (χ4v) is 17.8. The third-order valence-corrected chi connectivity index (χ3v) is 22.5. The maximum Gasteiger partial charge on any atom is 0.387 e. The van der Waals surface area contributed by atoms with E-state index in [1.165, 1.54) is 71.8 Å². The molecule has 2 aliphatic rings. The quantitative estimate of drug-likeness (QED) is 0.0255. The van der Waals surface area contributed by atoms with Gasteiger partial charge >= 0.3 is 18.4 Å². The van der Waals surface area contributed by atoms with Crippen molar-refractivity contribution in [1.82, 2.24) is 29.5 Å². The molecule has 2 aromatic heterocycles. The Kier molecular flexibility index (Phi) is 24.8. The highest BCUT2D eigenvalue weighted by Gasteiger charge is 2.60. The molecule has 502 valence electrons. The highest BCUT2D eigenvalue weighted by Crippen LogP contribution is 2.74. The highest BCUT2D eigenvalue weighted by molar-refractivity contribution is 8.89. The maximum atomic E-state index is 13.3. The lowest BCUT2D eigenvalue weighted by molar-refractivity contribution is -0.150. The molecule has 2 fully saturated rings. The van der Waals surface area contributed by atoms with Gasteiger partial charge in [-0.2, -0.15) is 24.2 Å². The Bertz CT molecular complexity index is 4230. The van der Waals surface area contributed by atoms with Crippen LogP contribution in [0.15, 0.2) is 272 Å². The average Bonchev–Trinajstić information content (AvgIpc) is 1.57. The van der Waals surface area contributed by atoms with Gasteiger partial charge < -0.3 is 28.2 Å². The lowest BCUT2D eigenvalue weighted by Gasteiger charge is -2.22. The molecule has 2 unspecified atom stereocenters. The highest BCUT2D eigenvalue weighted by atomic mass is 35.5. The molecule has 0 radical (unpaired) electrons. The topological polar surface area (TPSA) is 181 Å². The first-order chi connectivity index (χ1) is 47.5. The lowest BCUT2D eigenvalue weighted by Crippen LogP contribution is -2.22. The zero-order valence-electron chi connectivity index (χ0n) is 52.8. The van der Waals surface area contributed by atoms with Gasteiger partial charge in [-0.25, -0.2) is 28.1 Å². The number of nitriles is 1. The van der Waals surface area contributed by atoms with Crippen molar-refractivity contribution < 1.29 is 55.1 Å². The first-order valence-corrected chi connectivity index (χ1v) is 35.9. The third-order valence-electron chi connectivity index (χ3n) is 15.2. The summed E-state index contributed by atoms with van der Waals surface area (Å²) >= 11 is 15.2. The van der Waals surface area contributed by atoms with Crippen molar-refractivity contribution in [2.75, 3.05) is 6.61 Å². The van der Waals surface area contributed by atoms with Crippen LogP contribution in [0.3, 0.4) is 0 Å². The minimum absolute atomic E-state index is 0.00486. The van der Waals surface area contributed by atoms with Crippen LogP contribution in [-0.2, 0) is 52.4 Å². The normalized spacial score (nSPS) is 17.2. The smallest absolute Gasteiger partial charge is 0.387 e. The van der Waals surface area contributed by atoms with E-state index >= 15 is 0 Å². The Morgan fingerprint density at radius 2 is 1.06 bits per heavy atom. The fraction of sp³-hybridized carbons (Fsp3) is 0.189. The van der Waals surface area contributed by atoms with Crippen LogP contribution in [0.4, 0.5) is 17.6 Å². The van der Waals surface area contributed by atoms with E-state index in [-0.39, 0.29) is 35.5 Å². The average molecular weight is 1420 g/mol. The number of benzene rings is 9. The van der Waals surface area contributed by atoms with Crippen LogP contribution < -0.4 is 9.47 Å². The SMILES string of the molecule is CC(C)C(C(=O)OC(C#N)c1cccc(Oc2ccccc2)c1)c1ccc(OC(F)F)cc1.CCOP(=O)(Sc1ccccc1)Sc1ccccc1.Fc1ccc([C@@]2(Cn3cncn3)O[C@@H]2c2ccccc2Cl)cc1.Fc1ccc([C@]2(Cn3cncn3)O[C@H]2c2ccccc2Cl)cc1. The number of alkyl halides is 2. The molecule has 0 aliphatic carbocycles. The number of rotatable bonds is 23. The van der Waals surface area contributed by atoms with E-state index < -0.39 is 41.6 Å². The van der Waals surface area contributed by atoms with Crippen LogP contribution in [0.25, 0.3) is 0 Å². The molecule has 11 aromatic rings. The van der Waals surface area contributed by atoms with Crippen LogP contribution in [0.5, 0.6) is 17.2 Å². The van der Waals surface area contributed by atoms with Crippen LogP contribution in [0, 0.1) is 28.9 Å². The Labute approximate surface area is 582 Å². The van der Waals surface area contributed by atoms with Gasteiger partial charge in [0.2, 0.25) is 6.10 Å². The molecule has 0 bridgehead atoms. The number of hydrogen-bond donors (Lipinski definition) is 0. The summed E-state index contributed by atoms with van der Waals surface area (Å²) in [6, 6.07) is 71.1. The Morgan fingerprint density at radius 1 is 0.602 bits per heavy atom. The summed E-state index contributed by atoms with van der Waals surface area (Å²) in [5.74, 6) is -3.69. The van der Waals surface area contributed by atoms with E-state index in [1.807, 2.05) is 154 Å². The van der Waals surface area contributed by atoms with Crippen LogP contribution in [0.2, 0.25) is 10.0 Å². The van der Waals surface area contributed by atoms with Gasteiger partial charge in [-0.1, -0.05) is 177 Å². The molecule has 2 aliphatic heterocycles. The van der Waals surface area contributed by atoms with E-state index in [4.69, 9.17) is 46.7 Å². The summed E-state index contributed by atoms with van der Waals surface area (Å²) in [7, 11) is 0. The summed E-state index contributed by atoms with van der Waals surface area (Å²) in [5.41, 5.74) is 3.42. The fourth-order valence-electron chi connectivity index (χ4n) is 10.6. The van der Waals surface area contributed by atoms with Crippen LogP contribution in [0.1, 0.15) is 78.4 Å². The molecule has 2 saturated heterocycles. The summed E-state index contributed by atoms with van der Waals surface area (Å²) in [4.78, 5) is 22.9. The van der Waals surface area contributed by atoms with Gasteiger partial charge in [0.1, 0.15) is 83.7 Å². The van der Waals surface area contributed by atoms with Crippen molar-refractivity contribution in [3.05, 3.63) is 317 Å². The van der Waals surface area contributed by atoms with E-state index in [9.17, 15) is 32.2 Å². The first kappa shape index (κ1) is 71.7. The molecule has 4 heterocycles. The van der Waals surface area contributed by atoms with Gasteiger partial charge in [0.15, 0.2) is 0 Å². The number of aromatic nitrogens is 6. The molecule has 24 heteroatoms. The second-order valence-corrected chi connectivity index (χ2v) is 30.2. The largest absolute Gasteiger partial charge is 0.457 e. The van der Waals surface area contributed by atoms with Crippen molar-refractivity contribution in [1.29, 1.82) is 5.26 Å². The molecule has 0 saturated carbocycles. The summed E-state index contributed by atoms with van der Waals surface area (Å²) in [5, 5.41) is 19.3. The number of halogens is 6. The van der Waals surface area contributed by atoms with Gasteiger partial charge in [0.05, 0.1) is 25.6 Å². The van der Waals surface area contributed by atoms with Crippen molar-refractivity contribution >= 4 is 57.7 Å². The van der Waals surface area contributed by atoms with Crippen molar-refractivity contribution in [2.45, 2.75) is 85.7 Å². The molecule has 0 amide bonds. The van der Waals surface area contributed by atoms with E-state index in [0.717, 1.165) is 32.0 Å². The number of ether oxygens (including phenoxy) is 5. The second kappa shape index (κ2) is 33.9. The van der Waals surface area contributed by atoms with Gasteiger partial charge in [0.25, 0.3) is 0 Å². The van der Waals surface area contributed by atoms with Crippen LogP contribution in [-0.4, -0.2) is 48.7 Å². The van der Waals surface area contributed by atoms with Crippen molar-refractivity contribution in [3.8, 4) is 23.3 Å². The number of nitrogens with zero attached hydrogens (tertiary/aromatic N) is 7. The van der Waals surface area contributed by atoms with Crippen LogP contribution >= 0.6 is 51.7 Å². The van der Waals surface area contributed by atoms with Gasteiger partial charge in [-0.05, 0) is 149 Å². The van der Waals surface area contributed by atoms with Crippen molar-refractivity contribution in [2.24, 2.45) is 5.92 Å². The molecule has 9 aromatic carbocycles. The number of carbonyl (C=O) groups is 1. The first-order valence-electron chi connectivity index (χ1n) is 30.7. The summed E-state index contributed by atoms with van der Waals surface area (Å²) in [6.07, 6.45) is 4.68. The number of para-hydroxylation sites is 1. The molecule has 98 heavy (non-hydrogen) atoms. The number of esters is 1. The molecular formula is C74H64Cl2F4N7O8PS2. The van der Waals surface area contributed by atoms with E-state index in [0.29, 0.717) is 52.4 Å². The minimum atomic E-state index is -2.93. The molecule has 0 N–H and O–H groups in total. The predicted molar refractivity (Wildman–Crippen MR) is 369 cm³/mol. The maximum absolute atomic E-state index is 13.3. The van der Waals surface area contributed by atoms with Gasteiger partial charge in [-0.15, -0.1) is 0 Å².